The van der Waals surface area contributed by atoms with Crippen LogP contribution in [0.5, 0.6) is 34.5 Å². The zero-order valence-corrected chi connectivity index (χ0v) is 65.0. The number of ether oxygens (including phenoxy) is 6. The smallest absolute Gasteiger partial charge is 0.496 e. The van der Waals surface area contributed by atoms with Crippen LogP contribution >= 0.6 is 0 Å². The van der Waals surface area contributed by atoms with Crippen molar-refractivity contribution >= 4 is 28.2 Å². The number of halogens is 20. The highest BCUT2D eigenvalue weighted by molar-refractivity contribution is 5.71. The second-order valence-corrected chi connectivity index (χ2v) is 27.1. The molecule has 0 aliphatic heterocycles. The Balaban J connectivity index is 0.000000141. The van der Waals surface area contributed by atoms with Crippen LogP contribution in [0, 0.1) is 31.0 Å². The van der Waals surface area contributed by atoms with Gasteiger partial charge >= 0.3 is 37.3 Å². The van der Waals surface area contributed by atoms with E-state index in [0.717, 1.165) is 60.1 Å². The highest BCUT2D eigenvalue weighted by Gasteiger charge is 2.45. The monoisotopic (exact) mass is 1750 g/mol. The van der Waals surface area contributed by atoms with Crippen molar-refractivity contribution in [1.82, 2.24) is 97.9 Å². The van der Waals surface area contributed by atoms with Gasteiger partial charge in [0.1, 0.15) is 40.3 Å². The van der Waals surface area contributed by atoms with Crippen molar-refractivity contribution in [2.45, 2.75) is 123 Å². The Kier molecular flexibility index (Phi) is 24.9. The molecule has 1 aliphatic rings. The van der Waals surface area contributed by atoms with Crippen LogP contribution in [-0.2, 0) is 17.3 Å². The first-order chi connectivity index (χ1) is 58.2. The third kappa shape index (κ3) is 20.8. The topological polar surface area (TPSA) is 295 Å². The number of nitrogens with zero attached hydrogens (tertiary/aromatic N) is 21. The molecular weight excluding hydrogens is 1690 g/mol. The van der Waals surface area contributed by atoms with Gasteiger partial charge in [0.05, 0.1) is 85.2 Å². The first kappa shape index (κ1) is 89.0. The van der Waals surface area contributed by atoms with Gasteiger partial charge in [0, 0.05) is 84.8 Å². The van der Waals surface area contributed by atoms with Gasteiger partial charge in [0.25, 0.3) is 0 Å². The van der Waals surface area contributed by atoms with Crippen LogP contribution < -0.4 is 28.4 Å². The summed E-state index contributed by atoms with van der Waals surface area (Å²) in [7, 11) is 2.83. The molecular formula is C77H59F20N21O6. The Morgan fingerprint density at radius 1 is 0.371 bits per heavy atom. The molecule has 0 spiro atoms. The maximum absolute atomic E-state index is 14.1. The first-order valence-electron chi connectivity index (χ1n) is 35.8. The molecule has 10 aromatic heterocycles. The van der Waals surface area contributed by atoms with E-state index in [1.165, 1.54) is 145 Å². The molecule has 0 N–H and O–H groups in total. The lowest BCUT2D eigenvalue weighted by atomic mass is 9.95. The molecule has 1 saturated carbocycles. The van der Waals surface area contributed by atoms with Gasteiger partial charge in [-0.2, -0.15) is 22.8 Å². The number of hydrogen-bond donors (Lipinski definition) is 0. The third-order valence-corrected chi connectivity index (χ3v) is 17.9. The number of hydrogen-bond acceptors (Lipinski definition) is 22. The lowest BCUT2D eigenvalue weighted by molar-refractivity contribution is -0.275. The van der Waals surface area contributed by atoms with E-state index in [1.54, 1.807) is 26.1 Å². The first-order valence-corrected chi connectivity index (χ1v) is 35.8. The average Bonchev–Trinajstić information content (AvgIpc) is 1.60. The fourth-order valence-corrected chi connectivity index (χ4v) is 12.2. The molecule has 1 fully saturated rings. The summed E-state index contributed by atoms with van der Waals surface area (Å²) in [6.45, 7) is 8.58. The molecule has 16 rings (SSSR count). The molecule has 648 valence electrons. The Bertz CT molecular complexity index is 6300. The number of fused-ring (bicyclic) bond motifs is 5. The summed E-state index contributed by atoms with van der Waals surface area (Å²) in [5, 5.41) is 46.3. The number of alkyl halides is 19. The summed E-state index contributed by atoms with van der Waals surface area (Å²) in [4.78, 5) is 20.7. The molecule has 27 nitrogen and oxygen atoms in total. The zero-order valence-electron chi connectivity index (χ0n) is 65.0. The molecule has 0 bridgehead atoms. The van der Waals surface area contributed by atoms with Gasteiger partial charge in [0.15, 0.2) is 64.2 Å². The number of benzene rings is 5. The molecule has 0 radical (unpaired) electrons. The van der Waals surface area contributed by atoms with Crippen LogP contribution in [0.2, 0.25) is 0 Å². The highest BCUT2D eigenvalue weighted by Crippen LogP contribution is 2.50. The van der Waals surface area contributed by atoms with Crippen molar-refractivity contribution < 1.29 is 116 Å². The van der Waals surface area contributed by atoms with Gasteiger partial charge in [0.2, 0.25) is 11.6 Å². The van der Waals surface area contributed by atoms with Gasteiger partial charge in [-0.15, -0.1) is 104 Å². The summed E-state index contributed by atoms with van der Waals surface area (Å²) in [6.07, 6.45) is -7.86. The maximum Gasteiger partial charge on any atom is 0.573 e. The van der Waals surface area contributed by atoms with Crippen LogP contribution in [0.15, 0.2) is 153 Å². The Labute approximate surface area is 683 Å². The molecule has 47 heteroatoms. The summed E-state index contributed by atoms with van der Waals surface area (Å²) >= 11 is 0. The van der Waals surface area contributed by atoms with Crippen LogP contribution in [-0.4, -0.2) is 138 Å². The van der Waals surface area contributed by atoms with Crippen molar-refractivity contribution in [3.8, 4) is 96.9 Å². The van der Waals surface area contributed by atoms with E-state index in [0.29, 0.717) is 80.5 Å². The number of nitriles is 1. The van der Waals surface area contributed by atoms with E-state index in [-0.39, 0.29) is 68.6 Å². The van der Waals surface area contributed by atoms with Crippen molar-refractivity contribution in [2.24, 2.45) is 0 Å². The van der Waals surface area contributed by atoms with Crippen molar-refractivity contribution in [2.75, 3.05) is 14.2 Å². The van der Waals surface area contributed by atoms with Crippen LogP contribution in [0.1, 0.15) is 112 Å². The summed E-state index contributed by atoms with van der Waals surface area (Å²) in [5.74, 6) is -9.22. The average molecular weight is 1750 g/mol. The van der Waals surface area contributed by atoms with E-state index in [1.807, 2.05) is 12.1 Å². The number of aryl methyl sites for hydroxylation is 2. The van der Waals surface area contributed by atoms with E-state index >= 15 is 0 Å². The predicted octanol–water partition coefficient (Wildman–Crippen LogP) is 19.2. The molecule has 124 heavy (non-hydrogen) atoms. The van der Waals surface area contributed by atoms with Crippen LogP contribution in [0.4, 0.5) is 87.8 Å². The van der Waals surface area contributed by atoms with Gasteiger partial charge in [-0.3, -0.25) is 46.9 Å². The number of aromatic nitrogens is 20. The molecule has 15 aromatic rings. The Morgan fingerprint density at radius 2 is 0.653 bits per heavy atom. The van der Waals surface area contributed by atoms with Crippen LogP contribution in [0.25, 0.3) is 84.5 Å². The fourth-order valence-electron chi connectivity index (χ4n) is 12.2. The molecule has 0 saturated heterocycles. The summed E-state index contributed by atoms with van der Waals surface area (Å²) in [6, 6.07) is 21.7. The van der Waals surface area contributed by atoms with Gasteiger partial charge in [-0.05, 0) is 137 Å². The lowest BCUT2D eigenvalue weighted by Crippen LogP contribution is -2.17. The molecule has 5 aromatic carbocycles. The van der Waals surface area contributed by atoms with E-state index in [4.69, 9.17) is 9.47 Å². The van der Waals surface area contributed by atoms with Crippen LogP contribution in [0.3, 0.4) is 0 Å². The third-order valence-electron chi connectivity index (χ3n) is 17.9. The molecule has 10 heterocycles. The quantitative estimate of drug-likeness (QED) is 0.0765. The minimum absolute atomic E-state index is 0.00563. The maximum atomic E-state index is 14.1. The highest BCUT2D eigenvalue weighted by atomic mass is 19.4. The number of methoxy groups -OCH3 is 2. The lowest BCUT2D eigenvalue weighted by Gasteiger charge is -2.13. The SMILES string of the molecule is CC(F)c1nnc2cnc(-c3ccc(OC(F)(F)F)cc3F)cn12.COc1cc(C2(C#N)CC2)ccc1-c1cn2c(C(C)(F)F)nnc2cn1.COc1cc(OC(F)(F)F)ccc1-c1cn2c(C(C)F)nnc2cn1.Cc1cc(OC(F)(F)F)ccc1-c1cn2c(C(C)(F)F)nnc2cn1.Cc1cc(OC(F)(F)F)ccc1-c1cn2c(C(C)F)nnc2cn1. The van der Waals surface area contributed by atoms with E-state index < -0.39 is 90.2 Å². The normalized spacial score (nSPS) is 13.6. The molecule has 0 amide bonds. The molecule has 3 atom stereocenters. The van der Waals surface area contributed by atoms with Crippen molar-refractivity contribution in [3.05, 3.63) is 205 Å². The molecule has 1 aliphatic carbocycles. The second-order valence-electron chi connectivity index (χ2n) is 27.1. The second kappa shape index (κ2) is 34.7. The minimum atomic E-state index is -4.92. The minimum Gasteiger partial charge on any atom is -0.496 e. The van der Waals surface area contributed by atoms with E-state index in [2.05, 4.69) is 101 Å². The standard InChI is InChI=1S/C18H15F2N5O.C15H11F5N4O.C15H12F4N4O2.C15H12F4N4O.C14H9F5N4O/c1-17(19,20)16-24-23-15-8-22-13(9-25(15)16)12-4-3-11(7-14(12)26-2)18(10-21)5-6-18;1-8-5-9(25-15(18,19)20)3-4-10(8)11-7-24-12(6-21-11)22-23-13(24)14(2,16)17;1-8(16)14-22-21-13-6-20-11(7-23(13)14)10-4-3-9(5-12(10)24-2)25-15(17,18)19;1-8-5-10(24-15(17,18)19)3-4-11(8)12-7-23-13(6-20-12)21-22-14(23)9(2)16;1-7(15)13-22-21-12-5-20-11(6-23(12)13)9-3-2-8(4-10(9)16)24-14(17,18)19/h3-4,7-9H,5-6H2,1-2H3;3-7H,1-2H3;3-8H,1-2H3;3-7,9H,1-2H3;2-7H,1H3. The Morgan fingerprint density at radius 3 is 0.960 bits per heavy atom. The summed E-state index contributed by atoms with van der Waals surface area (Å²) in [5.41, 5.74) is 6.47. The Hall–Kier alpha value is -14.3. The summed E-state index contributed by atoms with van der Waals surface area (Å²) < 4.78 is 289. The van der Waals surface area contributed by atoms with Gasteiger partial charge in [-0.25, -0.2) is 17.6 Å². The largest absolute Gasteiger partial charge is 0.573 e. The molecule has 3 unspecified atom stereocenters. The fraction of sp³-hybridized carbons (Fsp3) is 0.273. The van der Waals surface area contributed by atoms with Crippen molar-refractivity contribution in [1.29, 1.82) is 5.26 Å². The van der Waals surface area contributed by atoms with Gasteiger partial charge in [-0.1, -0.05) is 6.07 Å². The van der Waals surface area contributed by atoms with Crippen molar-refractivity contribution in [3.63, 3.8) is 0 Å². The number of rotatable bonds is 17. The van der Waals surface area contributed by atoms with Gasteiger partial charge < -0.3 is 28.4 Å². The van der Waals surface area contributed by atoms with E-state index in [9.17, 15) is 93.1 Å². The predicted molar refractivity (Wildman–Crippen MR) is 395 cm³/mol. The zero-order chi connectivity index (χ0) is 90.1.